The van der Waals surface area contributed by atoms with Crippen LogP contribution in [0.1, 0.15) is 0 Å². The van der Waals surface area contributed by atoms with Crippen molar-refractivity contribution in [2.24, 2.45) is 0 Å². The summed E-state index contributed by atoms with van der Waals surface area (Å²) < 4.78 is 16.1. The minimum atomic E-state index is 0.825. The molecule has 0 aliphatic heterocycles. The van der Waals surface area contributed by atoms with Gasteiger partial charge in [0.1, 0.15) is 22.5 Å². The Morgan fingerprint density at radius 3 is 1.69 bits per heavy atom. The van der Waals surface area contributed by atoms with Crippen LogP contribution in [0.3, 0.4) is 0 Å². The van der Waals surface area contributed by atoms with Gasteiger partial charge in [-0.2, -0.15) is 0 Å². The second-order valence-corrected chi connectivity index (χ2v) is 13.8. The van der Waals surface area contributed by atoms with Crippen LogP contribution in [-0.4, -0.2) is 0 Å². The summed E-state index contributed by atoms with van der Waals surface area (Å²) in [6.45, 7) is 0. The minimum Gasteiger partial charge on any atom is -0.455 e. The molecule has 0 amide bonds. The number of benzene rings is 8. The van der Waals surface area contributed by atoms with E-state index in [4.69, 9.17) is 8.83 Å². The van der Waals surface area contributed by atoms with Gasteiger partial charge < -0.3 is 8.83 Å². The molecule has 0 N–H and O–H groups in total. The van der Waals surface area contributed by atoms with Gasteiger partial charge in [0, 0.05) is 53.2 Å². The van der Waals surface area contributed by atoms with E-state index >= 15 is 0 Å². The first kappa shape index (κ1) is 26.9. The van der Waals surface area contributed by atoms with Crippen LogP contribution in [-0.2, 0) is 0 Å². The van der Waals surface area contributed by atoms with Crippen molar-refractivity contribution < 1.29 is 8.83 Å². The molecule has 228 valence electrons. The quantitative estimate of drug-likeness (QED) is 0.179. The number of hydrogen-bond acceptors (Lipinski definition) is 3. The zero-order valence-corrected chi connectivity index (χ0v) is 27.1. The largest absolute Gasteiger partial charge is 0.455 e. The highest BCUT2D eigenvalue weighted by atomic mass is 32.1. The summed E-state index contributed by atoms with van der Waals surface area (Å²) in [4.78, 5) is 0. The van der Waals surface area contributed by atoms with Crippen LogP contribution in [0.5, 0.6) is 0 Å². The van der Waals surface area contributed by atoms with Crippen molar-refractivity contribution in [3.63, 3.8) is 0 Å². The molecule has 0 saturated heterocycles. The summed E-state index contributed by atoms with van der Waals surface area (Å²) in [5.41, 5.74) is 8.37. The maximum atomic E-state index is 6.89. The lowest BCUT2D eigenvalue weighted by Gasteiger charge is -2.18. The zero-order valence-electron chi connectivity index (χ0n) is 26.2. The van der Waals surface area contributed by atoms with Gasteiger partial charge in [-0.15, -0.1) is 11.3 Å². The van der Waals surface area contributed by atoms with E-state index < -0.39 is 0 Å². The van der Waals surface area contributed by atoms with Crippen molar-refractivity contribution in [1.82, 2.24) is 0 Å². The van der Waals surface area contributed by atoms with Crippen LogP contribution >= 0.6 is 11.3 Å². The summed E-state index contributed by atoms with van der Waals surface area (Å²) in [5, 5.41) is 10.6. The first-order valence-electron chi connectivity index (χ1n) is 16.6. The Morgan fingerprint density at radius 2 is 0.959 bits per heavy atom. The van der Waals surface area contributed by atoms with Gasteiger partial charge >= 0.3 is 0 Å². The third-order valence-electron chi connectivity index (χ3n) is 10.1. The normalized spacial score (nSPS) is 12.1. The molecule has 0 aliphatic carbocycles. The number of para-hydroxylation sites is 1. The topological polar surface area (TPSA) is 26.3 Å². The van der Waals surface area contributed by atoms with Crippen molar-refractivity contribution >= 4 is 86.0 Å². The first-order chi connectivity index (χ1) is 24.3. The highest BCUT2D eigenvalue weighted by Crippen LogP contribution is 2.50. The molecule has 0 saturated carbocycles. The summed E-state index contributed by atoms with van der Waals surface area (Å²) in [6, 6.07) is 56.4. The predicted octanol–water partition coefficient (Wildman–Crippen LogP) is 14.0. The fourth-order valence-electron chi connectivity index (χ4n) is 7.96. The number of fused-ring (bicyclic) bond motifs is 10. The SMILES string of the molecule is c1ccc(-c2cc3c(o2)c(-c2c4ccccc4c(-c4cccc5c4sc4ccccc45)c4ccccc24)cc2c4ccccc4oc32)cc1. The van der Waals surface area contributed by atoms with Crippen LogP contribution in [0.15, 0.2) is 167 Å². The maximum Gasteiger partial charge on any atom is 0.146 e. The number of thiophene rings is 1. The Kier molecular flexibility index (Phi) is 5.57. The van der Waals surface area contributed by atoms with Crippen LogP contribution in [0.25, 0.3) is 108 Å². The summed E-state index contributed by atoms with van der Waals surface area (Å²) in [6.07, 6.45) is 0. The van der Waals surface area contributed by atoms with Gasteiger partial charge in [-0.3, -0.25) is 0 Å². The van der Waals surface area contributed by atoms with Crippen molar-refractivity contribution in [2.75, 3.05) is 0 Å². The van der Waals surface area contributed by atoms with Gasteiger partial charge in [0.15, 0.2) is 0 Å². The monoisotopic (exact) mass is 642 g/mol. The van der Waals surface area contributed by atoms with E-state index in [2.05, 4.69) is 140 Å². The van der Waals surface area contributed by atoms with E-state index in [-0.39, 0.29) is 0 Å². The molecule has 3 heterocycles. The van der Waals surface area contributed by atoms with Gasteiger partial charge in [0.2, 0.25) is 0 Å². The molecule has 11 aromatic rings. The maximum absolute atomic E-state index is 6.89. The Labute approximate surface area is 285 Å². The summed E-state index contributed by atoms with van der Waals surface area (Å²) >= 11 is 1.88. The van der Waals surface area contributed by atoms with E-state index in [0.717, 1.165) is 49.8 Å². The molecule has 0 radical (unpaired) electrons. The van der Waals surface area contributed by atoms with Crippen molar-refractivity contribution in [1.29, 1.82) is 0 Å². The van der Waals surface area contributed by atoms with Crippen LogP contribution in [0.4, 0.5) is 0 Å². The lowest BCUT2D eigenvalue weighted by molar-refractivity contribution is 0.632. The van der Waals surface area contributed by atoms with Crippen molar-refractivity contribution in [3.05, 3.63) is 158 Å². The molecular weight excluding hydrogens is 617 g/mol. The molecule has 0 unspecified atom stereocenters. The zero-order chi connectivity index (χ0) is 32.1. The molecule has 0 spiro atoms. The second kappa shape index (κ2) is 10.2. The summed E-state index contributed by atoms with van der Waals surface area (Å²) in [7, 11) is 0. The number of rotatable bonds is 3. The predicted molar refractivity (Wildman–Crippen MR) is 208 cm³/mol. The van der Waals surface area contributed by atoms with Gasteiger partial charge in [-0.05, 0) is 51.4 Å². The molecule has 11 rings (SSSR count). The Balaban J connectivity index is 1.30. The fourth-order valence-corrected chi connectivity index (χ4v) is 9.18. The third-order valence-corrected chi connectivity index (χ3v) is 11.3. The Morgan fingerprint density at radius 1 is 0.367 bits per heavy atom. The molecule has 3 aromatic heterocycles. The lowest BCUT2D eigenvalue weighted by Crippen LogP contribution is -1.91. The summed E-state index contributed by atoms with van der Waals surface area (Å²) in [5.74, 6) is 0.825. The number of hydrogen-bond donors (Lipinski definition) is 0. The average Bonchev–Trinajstić information content (AvgIpc) is 3.88. The van der Waals surface area contributed by atoms with Crippen LogP contribution in [0, 0.1) is 0 Å². The molecule has 0 fully saturated rings. The van der Waals surface area contributed by atoms with E-state index in [1.165, 1.54) is 58.4 Å². The second-order valence-electron chi connectivity index (χ2n) is 12.7. The molecule has 0 aliphatic rings. The van der Waals surface area contributed by atoms with Crippen LogP contribution < -0.4 is 0 Å². The Bertz CT molecular complexity index is 3050. The lowest BCUT2D eigenvalue weighted by atomic mass is 9.85. The van der Waals surface area contributed by atoms with Gasteiger partial charge in [-0.25, -0.2) is 0 Å². The molecule has 0 bridgehead atoms. The highest BCUT2D eigenvalue weighted by Gasteiger charge is 2.24. The molecular formula is C46H26O2S. The average molecular weight is 643 g/mol. The third kappa shape index (κ3) is 3.82. The van der Waals surface area contributed by atoms with Crippen molar-refractivity contribution in [3.8, 4) is 33.6 Å². The van der Waals surface area contributed by atoms with Crippen molar-refractivity contribution in [2.45, 2.75) is 0 Å². The first-order valence-corrected chi connectivity index (χ1v) is 17.4. The number of furan rings is 2. The van der Waals surface area contributed by atoms with E-state index in [1.54, 1.807) is 0 Å². The van der Waals surface area contributed by atoms with E-state index in [9.17, 15) is 0 Å². The minimum absolute atomic E-state index is 0.825. The molecule has 0 atom stereocenters. The van der Waals surface area contributed by atoms with Gasteiger partial charge in [0.25, 0.3) is 0 Å². The van der Waals surface area contributed by atoms with E-state index in [1.807, 2.05) is 29.5 Å². The molecule has 8 aromatic carbocycles. The molecule has 2 nitrogen and oxygen atoms in total. The van der Waals surface area contributed by atoms with Crippen LogP contribution in [0.2, 0.25) is 0 Å². The standard InChI is InChI=1S/C46H26O2S/c1-2-13-27(14-3-1)40-26-38-44-36(28-15-8-10-23-39(28)47-44)25-37(45(38)48-40)43-32-19-6-4-17-30(32)42(31-18-5-7-20-33(31)43)35-22-12-21-34-29-16-9-11-24-41(29)49-46(34)35/h1-26H. The van der Waals surface area contributed by atoms with Gasteiger partial charge in [-0.1, -0.05) is 133 Å². The highest BCUT2D eigenvalue weighted by molar-refractivity contribution is 7.26. The fraction of sp³-hybridized carbons (Fsp3) is 0. The molecule has 49 heavy (non-hydrogen) atoms. The van der Waals surface area contributed by atoms with E-state index in [0.29, 0.717) is 0 Å². The van der Waals surface area contributed by atoms with Gasteiger partial charge in [0.05, 0.1) is 5.39 Å². The smallest absolute Gasteiger partial charge is 0.146 e. The Hall–Kier alpha value is -6.16. The molecule has 3 heteroatoms.